The SMILES string of the molecule is O=C(O)C1CCCN(C(=O)COCC2CCCO2)C1. The summed E-state index contributed by atoms with van der Waals surface area (Å²) in [5.41, 5.74) is 0. The average Bonchev–Trinajstić information content (AvgIpc) is 2.92. The van der Waals surface area contributed by atoms with E-state index in [1.807, 2.05) is 0 Å². The van der Waals surface area contributed by atoms with Crippen LogP contribution in [0.25, 0.3) is 0 Å². The number of carbonyl (C=O) groups excluding carboxylic acids is 1. The van der Waals surface area contributed by atoms with Crippen molar-refractivity contribution in [1.82, 2.24) is 4.90 Å². The van der Waals surface area contributed by atoms with Gasteiger partial charge in [0.2, 0.25) is 5.91 Å². The van der Waals surface area contributed by atoms with Crippen molar-refractivity contribution in [2.24, 2.45) is 5.92 Å². The van der Waals surface area contributed by atoms with E-state index in [0.717, 1.165) is 25.9 Å². The molecule has 2 aliphatic rings. The highest BCUT2D eigenvalue weighted by Crippen LogP contribution is 2.17. The molecule has 6 nitrogen and oxygen atoms in total. The fourth-order valence-corrected chi connectivity index (χ4v) is 2.55. The van der Waals surface area contributed by atoms with E-state index in [-0.39, 0.29) is 18.6 Å². The van der Waals surface area contributed by atoms with Crippen molar-refractivity contribution >= 4 is 11.9 Å². The van der Waals surface area contributed by atoms with Gasteiger partial charge in [-0.1, -0.05) is 0 Å². The van der Waals surface area contributed by atoms with Crippen LogP contribution in [0.5, 0.6) is 0 Å². The van der Waals surface area contributed by atoms with Crippen LogP contribution in [0.1, 0.15) is 25.7 Å². The quantitative estimate of drug-likeness (QED) is 0.788. The van der Waals surface area contributed by atoms with Crippen LogP contribution >= 0.6 is 0 Å². The molecular formula is C13H21NO5. The lowest BCUT2D eigenvalue weighted by Crippen LogP contribution is -2.44. The monoisotopic (exact) mass is 271 g/mol. The zero-order valence-corrected chi connectivity index (χ0v) is 11.0. The summed E-state index contributed by atoms with van der Waals surface area (Å²) in [5, 5.41) is 8.97. The lowest BCUT2D eigenvalue weighted by Gasteiger charge is -2.30. The number of carboxylic acid groups (broad SMARTS) is 1. The predicted octanol–water partition coefficient (Wildman–Crippen LogP) is 0.505. The van der Waals surface area contributed by atoms with Crippen LogP contribution in [-0.2, 0) is 19.1 Å². The van der Waals surface area contributed by atoms with Crippen molar-refractivity contribution in [2.75, 3.05) is 32.9 Å². The van der Waals surface area contributed by atoms with Crippen molar-refractivity contribution in [3.05, 3.63) is 0 Å². The number of piperidine rings is 1. The third-order valence-electron chi connectivity index (χ3n) is 3.68. The molecule has 6 heteroatoms. The molecule has 1 N–H and O–H groups in total. The number of ether oxygens (including phenoxy) is 2. The molecule has 2 rings (SSSR count). The molecule has 2 atom stereocenters. The second-order valence-corrected chi connectivity index (χ2v) is 5.17. The zero-order valence-electron chi connectivity index (χ0n) is 11.0. The fourth-order valence-electron chi connectivity index (χ4n) is 2.55. The number of likely N-dealkylation sites (tertiary alicyclic amines) is 1. The van der Waals surface area contributed by atoms with Gasteiger partial charge in [0.1, 0.15) is 6.61 Å². The molecule has 0 radical (unpaired) electrons. The molecule has 1 amide bonds. The highest BCUT2D eigenvalue weighted by Gasteiger charge is 2.28. The molecule has 0 aliphatic carbocycles. The number of carbonyl (C=O) groups is 2. The van der Waals surface area contributed by atoms with E-state index in [9.17, 15) is 9.59 Å². The van der Waals surface area contributed by atoms with Crippen LogP contribution in [0.15, 0.2) is 0 Å². The van der Waals surface area contributed by atoms with Crippen LogP contribution in [0.3, 0.4) is 0 Å². The zero-order chi connectivity index (χ0) is 13.7. The summed E-state index contributed by atoms with van der Waals surface area (Å²) < 4.78 is 10.8. The number of hydrogen-bond donors (Lipinski definition) is 1. The van der Waals surface area contributed by atoms with Crippen LogP contribution < -0.4 is 0 Å². The highest BCUT2D eigenvalue weighted by molar-refractivity contribution is 5.79. The van der Waals surface area contributed by atoms with Gasteiger partial charge in [-0.2, -0.15) is 0 Å². The molecule has 0 saturated carbocycles. The number of amides is 1. The number of aliphatic carboxylic acids is 1. The summed E-state index contributed by atoms with van der Waals surface area (Å²) in [6, 6.07) is 0. The van der Waals surface area contributed by atoms with Crippen molar-refractivity contribution in [1.29, 1.82) is 0 Å². The summed E-state index contributed by atoms with van der Waals surface area (Å²) in [6.45, 7) is 2.17. The molecule has 2 heterocycles. The van der Waals surface area contributed by atoms with E-state index >= 15 is 0 Å². The summed E-state index contributed by atoms with van der Waals surface area (Å²) in [4.78, 5) is 24.4. The first-order valence-electron chi connectivity index (χ1n) is 6.86. The summed E-state index contributed by atoms with van der Waals surface area (Å²) in [5.74, 6) is -1.38. The van der Waals surface area contributed by atoms with Crippen molar-refractivity contribution in [3.8, 4) is 0 Å². The van der Waals surface area contributed by atoms with Gasteiger partial charge >= 0.3 is 5.97 Å². The van der Waals surface area contributed by atoms with E-state index < -0.39 is 11.9 Å². The topological polar surface area (TPSA) is 76.1 Å². The Bertz CT molecular complexity index is 327. The van der Waals surface area contributed by atoms with Crippen molar-refractivity contribution in [2.45, 2.75) is 31.8 Å². The van der Waals surface area contributed by atoms with Gasteiger partial charge in [-0.05, 0) is 25.7 Å². The second kappa shape index (κ2) is 6.86. The lowest BCUT2D eigenvalue weighted by atomic mass is 9.98. The molecule has 2 unspecified atom stereocenters. The Morgan fingerprint density at radius 1 is 1.32 bits per heavy atom. The molecular weight excluding hydrogens is 250 g/mol. The molecule has 2 saturated heterocycles. The maximum atomic E-state index is 11.9. The number of rotatable bonds is 5. The van der Waals surface area contributed by atoms with Crippen LogP contribution in [0.4, 0.5) is 0 Å². The maximum Gasteiger partial charge on any atom is 0.308 e. The minimum absolute atomic E-state index is 0.0200. The van der Waals surface area contributed by atoms with Crippen LogP contribution in [-0.4, -0.2) is 60.9 Å². The van der Waals surface area contributed by atoms with Gasteiger partial charge in [-0.3, -0.25) is 9.59 Å². The van der Waals surface area contributed by atoms with Gasteiger partial charge < -0.3 is 19.5 Å². The van der Waals surface area contributed by atoms with Gasteiger partial charge in [-0.25, -0.2) is 0 Å². The van der Waals surface area contributed by atoms with Crippen LogP contribution in [0, 0.1) is 5.92 Å². The Kier molecular flexibility index (Phi) is 5.15. The first-order chi connectivity index (χ1) is 9.16. The first-order valence-corrected chi connectivity index (χ1v) is 6.86. The Balaban J connectivity index is 1.68. The molecule has 0 bridgehead atoms. The van der Waals surface area contributed by atoms with E-state index in [1.165, 1.54) is 0 Å². The summed E-state index contributed by atoms with van der Waals surface area (Å²) in [6.07, 6.45) is 3.54. The van der Waals surface area contributed by atoms with Gasteiger partial charge in [-0.15, -0.1) is 0 Å². The van der Waals surface area contributed by atoms with E-state index in [2.05, 4.69) is 0 Å². The number of hydrogen-bond acceptors (Lipinski definition) is 4. The number of carboxylic acids is 1. The lowest BCUT2D eigenvalue weighted by molar-refractivity contribution is -0.147. The summed E-state index contributed by atoms with van der Waals surface area (Å²) in [7, 11) is 0. The Morgan fingerprint density at radius 2 is 2.16 bits per heavy atom. The Morgan fingerprint density at radius 3 is 2.84 bits per heavy atom. The first kappa shape index (κ1) is 14.3. The third-order valence-corrected chi connectivity index (χ3v) is 3.68. The number of nitrogens with zero attached hydrogens (tertiary/aromatic N) is 1. The molecule has 0 aromatic carbocycles. The largest absolute Gasteiger partial charge is 0.481 e. The van der Waals surface area contributed by atoms with E-state index in [4.69, 9.17) is 14.6 Å². The molecule has 2 aliphatic heterocycles. The van der Waals surface area contributed by atoms with Crippen molar-refractivity contribution in [3.63, 3.8) is 0 Å². The minimum Gasteiger partial charge on any atom is -0.481 e. The smallest absolute Gasteiger partial charge is 0.308 e. The Labute approximate surface area is 112 Å². The predicted molar refractivity (Wildman–Crippen MR) is 66.7 cm³/mol. The highest BCUT2D eigenvalue weighted by atomic mass is 16.5. The molecule has 0 aromatic heterocycles. The second-order valence-electron chi connectivity index (χ2n) is 5.17. The van der Waals surface area contributed by atoms with Crippen molar-refractivity contribution < 1.29 is 24.2 Å². The fraction of sp³-hybridized carbons (Fsp3) is 0.846. The van der Waals surface area contributed by atoms with E-state index in [0.29, 0.717) is 26.1 Å². The van der Waals surface area contributed by atoms with E-state index in [1.54, 1.807) is 4.90 Å². The Hall–Kier alpha value is -1.14. The molecule has 19 heavy (non-hydrogen) atoms. The maximum absolute atomic E-state index is 11.9. The van der Waals surface area contributed by atoms with Gasteiger partial charge in [0.15, 0.2) is 0 Å². The minimum atomic E-state index is -0.822. The normalized spacial score (nSPS) is 27.5. The van der Waals surface area contributed by atoms with Gasteiger partial charge in [0, 0.05) is 19.7 Å². The third kappa shape index (κ3) is 4.18. The molecule has 108 valence electrons. The summed E-state index contributed by atoms with van der Waals surface area (Å²) >= 11 is 0. The average molecular weight is 271 g/mol. The molecule has 0 aromatic rings. The standard InChI is InChI=1S/C13H21NO5/c15-12(9-18-8-11-4-2-6-19-11)14-5-1-3-10(7-14)13(16)17/h10-11H,1-9H2,(H,16,17). The van der Waals surface area contributed by atoms with Gasteiger partial charge in [0.05, 0.1) is 18.6 Å². The van der Waals surface area contributed by atoms with Crippen LogP contribution in [0.2, 0.25) is 0 Å². The molecule has 2 fully saturated rings. The van der Waals surface area contributed by atoms with Gasteiger partial charge in [0.25, 0.3) is 0 Å². The molecule has 0 spiro atoms.